The molecule has 0 aliphatic heterocycles. The maximum absolute atomic E-state index is 12.5. The second-order valence-electron chi connectivity index (χ2n) is 11.2. The van der Waals surface area contributed by atoms with Gasteiger partial charge >= 0.3 is 11.9 Å². The first kappa shape index (κ1) is 31.9. The van der Waals surface area contributed by atoms with Gasteiger partial charge in [0.2, 0.25) is 0 Å². The summed E-state index contributed by atoms with van der Waals surface area (Å²) in [5.41, 5.74) is 1.22. The lowest BCUT2D eigenvalue weighted by atomic mass is 9.86. The average Bonchev–Trinajstić information content (AvgIpc) is 2.88. The highest BCUT2D eigenvalue weighted by molar-refractivity contribution is 7.88. The summed E-state index contributed by atoms with van der Waals surface area (Å²) in [6, 6.07) is 19.1. The van der Waals surface area contributed by atoms with Crippen LogP contribution in [0.4, 0.5) is 0 Å². The van der Waals surface area contributed by atoms with Gasteiger partial charge in [-0.05, 0) is 34.8 Å². The van der Waals surface area contributed by atoms with Gasteiger partial charge in [-0.15, -0.1) is 0 Å². The zero-order valence-electron chi connectivity index (χ0n) is 23.1. The molecule has 0 saturated heterocycles. The molecule has 2 atom stereocenters. The number of hydrogen-bond acceptors (Lipinski definition) is 6. The Kier molecular flexibility index (Phi) is 13.4. The molecule has 8 heteroatoms. The highest BCUT2D eigenvalue weighted by Crippen LogP contribution is 2.27. The zero-order valence-corrected chi connectivity index (χ0v) is 24.7. The van der Waals surface area contributed by atoms with Gasteiger partial charge in [0, 0.05) is 44.6 Å². The van der Waals surface area contributed by atoms with Crippen LogP contribution in [-0.2, 0) is 53.9 Å². The summed E-state index contributed by atoms with van der Waals surface area (Å²) in [6.45, 7) is 8.38. The lowest BCUT2D eigenvalue weighted by Gasteiger charge is -2.23. The Hall–Kier alpha value is -2.32. The Morgan fingerprint density at radius 1 is 0.605 bits per heavy atom. The van der Waals surface area contributed by atoms with Gasteiger partial charge in [0.05, 0.1) is 12.8 Å². The van der Waals surface area contributed by atoms with Crippen molar-refractivity contribution in [3.05, 3.63) is 71.8 Å². The largest absolute Gasteiger partial charge is 0.461 e. The molecular weight excluding hydrogens is 520 g/mol. The fourth-order valence-electron chi connectivity index (χ4n) is 3.71. The van der Waals surface area contributed by atoms with Gasteiger partial charge in [-0.2, -0.15) is 0 Å². The highest BCUT2D eigenvalue weighted by Gasteiger charge is 2.25. The van der Waals surface area contributed by atoms with Crippen LogP contribution in [0.5, 0.6) is 0 Å². The molecule has 0 fully saturated rings. The first-order valence-corrected chi connectivity index (χ1v) is 16.0. The second kappa shape index (κ2) is 15.9. The second-order valence-corrected chi connectivity index (χ2v) is 14.6. The maximum atomic E-state index is 12.5. The predicted octanol–water partition coefficient (Wildman–Crippen LogP) is 5.58. The number of benzene rings is 2. The number of ether oxygens (including phenoxy) is 2. The van der Waals surface area contributed by atoms with Gasteiger partial charge < -0.3 is 9.47 Å². The van der Waals surface area contributed by atoms with Crippen LogP contribution in [0.3, 0.4) is 0 Å². The van der Waals surface area contributed by atoms with Crippen LogP contribution in [-0.4, -0.2) is 43.4 Å². The molecule has 2 rings (SSSR count). The van der Waals surface area contributed by atoms with E-state index in [0.29, 0.717) is 35.9 Å². The number of hydrogen-bond donors (Lipinski definition) is 0. The van der Waals surface area contributed by atoms with E-state index in [2.05, 4.69) is 0 Å². The van der Waals surface area contributed by atoms with E-state index >= 15 is 0 Å². The third-order valence-corrected chi connectivity index (χ3v) is 9.18. The number of carbonyl (C=O) groups is 2. The smallest absolute Gasteiger partial charge is 0.306 e. The lowest BCUT2D eigenvalue weighted by Crippen LogP contribution is -2.24. The van der Waals surface area contributed by atoms with E-state index in [9.17, 15) is 18.0 Å². The minimum atomic E-state index is -1.11. The Balaban J connectivity index is 1.61. The Labute approximate surface area is 232 Å². The zero-order chi connectivity index (χ0) is 28.0. The van der Waals surface area contributed by atoms with Gasteiger partial charge in [0.15, 0.2) is 0 Å². The normalized spacial score (nSPS) is 13.5. The molecule has 2 unspecified atom stereocenters. The van der Waals surface area contributed by atoms with Crippen molar-refractivity contribution in [1.29, 1.82) is 0 Å². The topological polar surface area (TPSA) is 86.7 Å². The average molecular weight is 563 g/mol. The Morgan fingerprint density at radius 2 is 0.947 bits per heavy atom. The lowest BCUT2D eigenvalue weighted by molar-refractivity contribution is -0.148. The van der Waals surface area contributed by atoms with Crippen molar-refractivity contribution in [2.75, 3.05) is 23.0 Å². The molecule has 0 heterocycles. The van der Waals surface area contributed by atoms with Crippen LogP contribution in [0.1, 0.15) is 64.5 Å². The molecular formula is C30H42O6S2. The van der Waals surface area contributed by atoms with Crippen LogP contribution in [0.2, 0.25) is 0 Å². The Morgan fingerprint density at radius 3 is 1.29 bits per heavy atom. The molecule has 0 aromatic heterocycles. The van der Waals surface area contributed by atoms with Crippen molar-refractivity contribution in [3.63, 3.8) is 0 Å². The van der Waals surface area contributed by atoms with E-state index in [1.165, 1.54) is 0 Å². The van der Waals surface area contributed by atoms with E-state index in [-0.39, 0.29) is 48.8 Å². The van der Waals surface area contributed by atoms with E-state index in [1.807, 2.05) is 88.4 Å². The molecule has 2 aromatic carbocycles. The van der Waals surface area contributed by atoms with Gasteiger partial charge in [0.25, 0.3) is 0 Å². The standard InChI is InChI=1S/C30H42O6S2/c1-29(2,21-27(31)35-23-25-11-7-5-8-12-25)15-17-37(33)19-20-38(34)18-16-30(3,4)22-28(32)36-24-26-13-9-6-10-14-26/h5-14H,15-24H2,1-4H3. The number of esters is 2. The summed E-state index contributed by atoms with van der Waals surface area (Å²) in [5.74, 6) is 1.10. The third kappa shape index (κ3) is 14.0. The quantitative estimate of drug-likeness (QED) is 0.234. The molecule has 0 amide bonds. The monoisotopic (exact) mass is 562 g/mol. The fraction of sp³-hybridized carbons (Fsp3) is 0.533. The van der Waals surface area contributed by atoms with E-state index < -0.39 is 21.6 Å². The van der Waals surface area contributed by atoms with E-state index in [1.54, 1.807) is 0 Å². The molecule has 0 N–H and O–H groups in total. The SMILES string of the molecule is CC(C)(CCS(=O)CCS(=O)CCC(C)(C)CC(=O)OCc1ccccc1)CC(=O)OCc1ccccc1. The molecule has 0 spiro atoms. The van der Waals surface area contributed by atoms with Crippen LogP contribution >= 0.6 is 0 Å². The molecule has 0 aliphatic carbocycles. The highest BCUT2D eigenvalue weighted by atomic mass is 32.2. The fourth-order valence-corrected chi connectivity index (χ4v) is 7.16. The van der Waals surface area contributed by atoms with Gasteiger partial charge in [0.1, 0.15) is 13.2 Å². The maximum Gasteiger partial charge on any atom is 0.306 e. The van der Waals surface area contributed by atoms with Crippen molar-refractivity contribution in [1.82, 2.24) is 0 Å². The first-order valence-electron chi connectivity index (χ1n) is 13.0. The first-order chi connectivity index (χ1) is 17.9. The van der Waals surface area contributed by atoms with Crippen molar-refractivity contribution < 1.29 is 27.5 Å². The molecule has 210 valence electrons. The van der Waals surface area contributed by atoms with Crippen molar-refractivity contribution in [2.24, 2.45) is 10.8 Å². The number of rotatable bonds is 17. The Bertz CT molecular complexity index is 965. The van der Waals surface area contributed by atoms with Crippen molar-refractivity contribution in [3.8, 4) is 0 Å². The van der Waals surface area contributed by atoms with Gasteiger partial charge in [-0.25, -0.2) is 0 Å². The summed E-state index contributed by atoms with van der Waals surface area (Å²) in [7, 11) is -2.22. The number of carbonyl (C=O) groups excluding carboxylic acids is 2. The summed E-state index contributed by atoms with van der Waals surface area (Å²) in [4.78, 5) is 24.5. The molecule has 0 radical (unpaired) electrons. The minimum Gasteiger partial charge on any atom is -0.461 e. The van der Waals surface area contributed by atoms with Crippen LogP contribution < -0.4 is 0 Å². The molecule has 38 heavy (non-hydrogen) atoms. The molecule has 0 aliphatic rings. The van der Waals surface area contributed by atoms with Crippen LogP contribution in [0.15, 0.2) is 60.7 Å². The predicted molar refractivity (Wildman–Crippen MR) is 154 cm³/mol. The molecule has 0 saturated carbocycles. The summed E-state index contributed by atoms with van der Waals surface area (Å²) in [5, 5.41) is 0. The molecule has 2 aromatic rings. The van der Waals surface area contributed by atoms with Crippen LogP contribution in [0, 0.1) is 10.8 Å². The molecule has 6 nitrogen and oxygen atoms in total. The summed E-state index contributed by atoms with van der Waals surface area (Å²) < 4.78 is 35.8. The van der Waals surface area contributed by atoms with Crippen molar-refractivity contribution >= 4 is 33.5 Å². The minimum absolute atomic E-state index is 0.249. The van der Waals surface area contributed by atoms with Crippen molar-refractivity contribution in [2.45, 2.75) is 66.6 Å². The summed E-state index contributed by atoms with van der Waals surface area (Å²) >= 11 is 0. The van der Waals surface area contributed by atoms with Crippen LogP contribution in [0.25, 0.3) is 0 Å². The summed E-state index contributed by atoms with van der Waals surface area (Å²) in [6.07, 6.45) is 1.74. The third-order valence-electron chi connectivity index (χ3n) is 6.28. The molecule has 0 bridgehead atoms. The van der Waals surface area contributed by atoms with Gasteiger partial charge in [-0.3, -0.25) is 18.0 Å². The van der Waals surface area contributed by atoms with E-state index in [0.717, 1.165) is 11.1 Å². The van der Waals surface area contributed by atoms with E-state index in [4.69, 9.17) is 9.47 Å². The van der Waals surface area contributed by atoms with Gasteiger partial charge in [-0.1, -0.05) is 88.4 Å².